The van der Waals surface area contributed by atoms with Crippen LogP contribution in [0.1, 0.15) is 12.0 Å². The fourth-order valence-corrected chi connectivity index (χ4v) is 1.34. The van der Waals surface area contributed by atoms with Crippen molar-refractivity contribution in [3.8, 4) is 0 Å². The van der Waals surface area contributed by atoms with Gasteiger partial charge in [0.25, 0.3) is 0 Å². The monoisotopic (exact) mass is 247 g/mol. The Kier molecular flexibility index (Phi) is 6.69. The van der Waals surface area contributed by atoms with Crippen molar-refractivity contribution >= 4 is 18.4 Å². The highest BCUT2D eigenvalue weighted by Crippen LogP contribution is 2.07. The third-order valence-electron chi connectivity index (χ3n) is 2.04. The number of carbonyl (C=O) groups is 1. The SMILES string of the molecule is COC(=O)C[C@@H](N)Cc1cccc(F)c1.Cl. The zero-order valence-electron chi connectivity index (χ0n) is 8.98. The van der Waals surface area contributed by atoms with Crippen molar-refractivity contribution in [1.82, 2.24) is 0 Å². The number of ether oxygens (including phenoxy) is 1. The minimum absolute atomic E-state index is 0. The molecule has 5 heteroatoms. The van der Waals surface area contributed by atoms with Crippen LogP contribution in [0.5, 0.6) is 0 Å². The predicted octanol–water partition coefficient (Wildman–Crippen LogP) is 1.68. The van der Waals surface area contributed by atoms with Crippen LogP contribution in [-0.4, -0.2) is 19.1 Å². The fourth-order valence-electron chi connectivity index (χ4n) is 1.34. The van der Waals surface area contributed by atoms with Crippen LogP contribution in [0.25, 0.3) is 0 Å². The first kappa shape index (κ1) is 14.9. The molecule has 0 unspecified atom stereocenters. The van der Waals surface area contributed by atoms with Crippen LogP contribution < -0.4 is 5.73 Å². The average molecular weight is 248 g/mol. The molecule has 0 heterocycles. The maximum absolute atomic E-state index is 12.8. The van der Waals surface area contributed by atoms with Gasteiger partial charge in [-0.25, -0.2) is 4.39 Å². The first-order valence-corrected chi connectivity index (χ1v) is 4.68. The van der Waals surface area contributed by atoms with Crippen molar-refractivity contribution in [2.75, 3.05) is 7.11 Å². The van der Waals surface area contributed by atoms with Crippen LogP contribution in [0.2, 0.25) is 0 Å². The lowest BCUT2D eigenvalue weighted by atomic mass is 10.0. The minimum atomic E-state index is -0.348. The van der Waals surface area contributed by atoms with Crippen LogP contribution in [0.3, 0.4) is 0 Å². The van der Waals surface area contributed by atoms with Gasteiger partial charge in [-0.15, -0.1) is 12.4 Å². The molecule has 1 rings (SSSR count). The van der Waals surface area contributed by atoms with Crippen molar-refractivity contribution in [2.24, 2.45) is 5.73 Å². The summed E-state index contributed by atoms with van der Waals surface area (Å²) in [7, 11) is 1.32. The molecule has 0 aliphatic carbocycles. The van der Waals surface area contributed by atoms with E-state index in [9.17, 15) is 9.18 Å². The molecule has 0 aromatic heterocycles. The van der Waals surface area contributed by atoms with Crippen LogP contribution in [0.15, 0.2) is 24.3 Å². The van der Waals surface area contributed by atoms with Crippen LogP contribution >= 0.6 is 12.4 Å². The molecule has 16 heavy (non-hydrogen) atoms. The molecule has 2 N–H and O–H groups in total. The van der Waals surface area contributed by atoms with E-state index >= 15 is 0 Å². The summed E-state index contributed by atoms with van der Waals surface area (Å²) in [4.78, 5) is 10.9. The van der Waals surface area contributed by atoms with E-state index in [4.69, 9.17) is 5.73 Å². The Morgan fingerprint density at radius 2 is 2.25 bits per heavy atom. The van der Waals surface area contributed by atoms with Crippen molar-refractivity contribution < 1.29 is 13.9 Å². The maximum atomic E-state index is 12.8. The van der Waals surface area contributed by atoms with Gasteiger partial charge < -0.3 is 10.5 Å². The predicted molar refractivity (Wildman–Crippen MR) is 62.0 cm³/mol. The number of halogens is 2. The molecular weight excluding hydrogens is 233 g/mol. The van der Waals surface area contributed by atoms with Crippen molar-refractivity contribution in [3.05, 3.63) is 35.6 Å². The molecule has 0 aliphatic heterocycles. The second-order valence-electron chi connectivity index (χ2n) is 3.37. The van der Waals surface area contributed by atoms with E-state index in [1.54, 1.807) is 12.1 Å². The van der Waals surface area contributed by atoms with Gasteiger partial charge >= 0.3 is 5.97 Å². The van der Waals surface area contributed by atoms with Gasteiger partial charge in [-0.2, -0.15) is 0 Å². The number of nitrogens with two attached hydrogens (primary N) is 1. The minimum Gasteiger partial charge on any atom is -0.469 e. The number of benzene rings is 1. The van der Waals surface area contributed by atoms with Crippen molar-refractivity contribution in [3.63, 3.8) is 0 Å². The van der Waals surface area contributed by atoms with E-state index < -0.39 is 0 Å². The number of hydrogen-bond acceptors (Lipinski definition) is 3. The van der Waals surface area contributed by atoms with E-state index in [0.29, 0.717) is 6.42 Å². The highest BCUT2D eigenvalue weighted by Gasteiger charge is 2.10. The smallest absolute Gasteiger partial charge is 0.307 e. The first-order chi connectivity index (χ1) is 7.11. The molecule has 0 amide bonds. The summed E-state index contributed by atoms with van der Waals surface area (Å²) >= 11 is 0. The standard InChI is InChI=1S/C11H14FNO2.ClH/c1-15-11(14)7-10(13)6-8-3-2-4-9(12)5-8;/h2-5,10H,6-7,13H2,1H3;1H/t10-;/m0./s1. The van der Waals surface area contributed by atoms with Gasteiger partial charge in [0.15, 0.2) is 0 Å². The summed E-state index contributed by atoms with van der Waals surface area (Å²) in [6.07, 6.45) is 0.611. The molecule has 1 atom stereocenters. The molecule has 3 nitrogen and oxygen atoms in total. The number of rotatable bonds is 4. The highest BCUT2D eigenvalue weighted by atomic mass is 35.5. The molecule has 0 radical (unpaired) electrons. The summed E-state index contributed by atoms with van der Waals surface area (Å²) in [6.45, 7) is 0. The maximum Gasteiger partial charge on any atom is 0.307 e. The van der Waals surface area contributed by atoms with Crippen LogP contribution in [0, 0.1) is 5.82 Å². The lowest BCUT2D eigenvalue weighted by Crippen LogP contribution is -2.26. The second kappa shape index (κ2) is 7.19. The summed E-state index contributed by atoms with van der Waals surface area (Å²) in [6, 6.07) is 5.85. The third-order valence-corrected chi connectivity index (χ3v) is 2.04. The quantitative estimate of drug-likeness (QED) is 0.824. The van der Waals surface area contributed by atoms with Gasteiger partial charge in [0, 0.05) is 6.04 Å². The third kappa shape index (κ3) is 5.09. The normalized spacial score (nSPS) is 11.4. The molecule has 90 valence electrons. The molecule has 0 saturated carbocycles. The Morgan fingerprint density at radius 3 is 2.81 bits per heavy atom. The van der Waals surface area contributed by atoms with Gasteiger partial charge in [-0.1, -0.05) is 12.1 Å². The number of methoxy groups -OCH3 is 1. The van der Waals surface area contributed by atoms with Crippen LogP contribution in [-0.2, 0) is 16.0 Å². The van der Waals surface area contributed by atoms with Crippen LogP contribution in [0.4, 0.5) is 4.39 Å². The lowest BCUT2D eigenvalue weighted by Gasteiger charge is -2.09. The molecule has 0 bridgehead atoms. The van der Waals surface area contributed by atoms with E-state index in [1.165, 1.54) is 19.2 Å². The number of carbonyl (C=O) groups excluding carboxylic acids is 1. The number of hydrogen-bond donors (Lipinski definition) is 1. The average Bonchev–Trinajstić information content (AvgIpc) is 2.17. The summed E-state index contributed by atoms with van der Waals surface area (Å²) in [5.41, 5.74) is 6.49. The zero-order valence-corrected chi connectivity index (χ0v) is 9.80. The van der Waals surface area contributed by atoms with Gasteiger partial charge in [-0.3, -0.25) is 4.79 Å². The highest BCUT2D eigenvalue weighted by molar-refractivity contribution is 5.85. The Bertz CT molecular complexity index is 347. The van der Waals surface area contributed by atoms with E-state index in [1.807, 2.05) is 0 Å². The molecule has 0 spiro atoms. The van der Waals surface area contributed by atoms with E-state index in [0.717, 1.165) is 5.56 Å². The van der Waals surface area contributed by atoms with E-state index in [-0.39, 0.29) is 36.7 Å². The lowest BCUT2D eigenvalue weighted by molar-refractivity contribution is -0.140. The van der Waals surface area contributed by atoms with Gasteiger partial charge in [0.1, 0.15) is 5.82 Å². The number of esters is 1. The summed E-state index contributed by atoms with van der Waals surface area (Å²) in [5, 5.41) is 0. The summed E-state index contributed by atoms with van der Waals surface area (Å²) in [5.74, 6) is -0.642. The molecule has 0 fully saturated rings. The van der Waals surface area contributed by atoms with Gasteiger partial charge in [0.05, 0.1) is 13.5 Å². The Hall–Kier alpha value is -1.13. The van der Waals surface area contributed by atoms with E-state index in [2.05, 4.69) is 4.74 Å². The molecule has 1 aromatic carbocycles. The topological polar surface area (TPSA) is 52.3 Å². The Morgan fingerprint density at radius 1 is 1.56 bits per heavy atom. The first-order valence-electron chi connectivity index (χ1n) is 4.68. The van der Waals surface area contributed by atoms with Gasteiger partial charge in [-0.05, 0) is 24.1 Å². The van der Waals surface area contributed by atoms with Crippen molar-refractivity contribution in [2.45, 2.75) is 18.9 Å². The molecule has 0 aliphatic rings. The largest absolute Gasteiger partial charge is 0.469 e. The molecule has 1 aromatic rings. The van der Waals surface area contributed by atoms with Gasteiger partial charge in [0.2, 0.25) is 0 Å². The second-order valence-corrected chi connectivity index (χ2v) is 3.37. The zero-order chi connectivity index (χ0) is 11.3. The summed E-state index contributed by atoms with van der Waals surface area (Å²) < 4.78 is 17.3. The van der Waals surface area contributed by atoms with Crippen molar-refractivity contribution in [1.29, 1.82) is 0 Å². The fraction of sp³-hybridized carbons (Fsp3) is 0.364. The Labute approximate surface area is 100 Å². The Balaban J connectivity index is 0.00000225. The molecular formula is C11H15ClFNO2. The molecule has 0 saturated heterocycles.